The monoisotopic (exact) mass is 558 g/mol. The summed E-state index contributed by atoms with van der Waals surface area (Å²) in [7, 11) is 1.47. The summed E-state index contributed by atoms with van der Waals surface area (Å²) in [6.45, 7) is 1.69. The van der Waals surface area contributed by atoms with Gasteiger partial charge in [-0.3, -0.25) is 14.5 Å². The van der Waals surface area contributed by atoms with Gasteiger partial charge in [-0.25, -0.2) is 0 Å². The highest BCUT2D eigenvalue weighted by atomic mass is 35.5. The molecule has 0 bridgehead atoms. The van der Waals surface area contributed by atoms with Gasteiger partial charge >= 0.3 is 0 Å². The molecule has 10 heteroatoms. The maximum absolute atomic E-state index is 13.1. The van der Waals surface area contributed by atoms with E-state index in [9.17, 15) is 9.59 Å². The van der Waals surface area contributed by atoms with Crippen LogP contribution < -0.4 is 19.7 Å². The molecule has 1 heterocycles. The van der Waals surface area contributed by atoms with Crippen molar-refractivity contribution in [1.82, 2.24) is 0 Å². The number of rotatable bonds is 7. The summed E-state index contributed by atoms with van der Waals surface area (Å²) in [6.07, 6.45) is 1.69. The summed E-state index contributed by atoms with van der Waals surface area (Å²) in [5.41, 5.74) is 3.01. The number of thioether (sulfide) groups is 1. The van der Waals surface area contributed by atoms with Crippen molar-refractivity contribution in [1.29, 1.82) is 0 Å². The van der Waals surface area contributed by atoms with Gasteiger partial charge in [0.15, 0.2) is 22.4 Å². The zero-order valence-corrected chi connectivity index (χ0v) is 22.4. The molecule has 36 heavy (non-hydrogen) atoms. The Hall–Kier alpha value is -3.04. The van der Waals surface area contributed by atoms with Crippen LogP contribution in [-0.2, 0) is 9.59 Å². The molecule has 1 saturated heterocycles. The van der Waals surface area contributed by atoms with Crippen molar-refractivity contribution in [2.45, 2.75) is 6.92 Å². The molecule has 1 fully saturated rings. The van der Waals surface area contributed by atoms with Gasteiger partial charge in [0.2, 0.25) is 0 Å². The molecule has 0 spiro atoms. The first-order chi connectivity index (χ1) is 17.2. The zero-order valence-electron chi connectivity index (χ0n) is 19.2. The van der Waals surface area contributed by atoms with E-state index in [1.54, 1.807) is 42.5 Å². The topological polar surface area (TPSA) is 67.9 Å². The molecule has 6 nitrogen and oxygen atoms in total. The minimum absolute atomic E-state index is 0.217. The number of aryl methyl sites for hydroxylation is 1. The van der Waals surface area contributed by atoms with E-state index in [0.29, 0.717) is 36.9 Å². The van der Waals surface area contributed by atoms with Crippen molar-refractivity contribution in [2.24, 2.45) is 0 Å². The lowest BCUT2D eigenvalue weighted by Crippen LogP contribution is -2.27. The van der Waals surface area contributed by atoms with E-state index in [1.165, 1.54) is 23.8 Å². The van der Waals surface area contributed by atoms with Crippen LogP contribution in [0.15, 0.2) is 65.6 Å². The van der Waals surface area contributed by atoms with E-state index in [1.807, 2.05) is 31.2 Å². The number of methoxy groups -OCH3 is 1. The molecule has 184 valence electrons. The number of nitrogens with zero attached hydrogens (tertiary/aromatic N) is 1. The lowest BCUT2D eigenvalue weighted by Gasteiger charge is -2.14. The summed E-state index contributed by atoms with van der Waals surface area (Å²) >= 11 is 19.0. The highest BCUT2D eigenvalue weighted by Crippen LogP contribution is 2.40. The average Bonchev–Trinajstić information content (AvgIpc) is 3.12. The Bertz CT molecular complexity index is 1360. The van der Waals surface area contributed by atoms with Crippen molar-refractivity contribution in [3.63, 3.8) is 0 Å². The van der Waals surface area contributed by atoms with Gasteiger partial charge in [-0.2, -0.15) is 0 Å². The summed E-state index contributed by atoms with van der Waals surface area (Å²) in [5, 5.41) is 3.51. The quantitative estimate of drug-likeness (QED) is 0.256. The molecule has 0 radical (unpaired) electrons. The van der Waals surface area contributed by atoms with E-state index in [2.05, 4.69) is 5.32 Å². The van der Waals surface area contributed by atoms with Crippen molar-refractivity contribution in [3.8, 4) is 11.5 Å². The van der Waals surface area contributed by atoms with Crippen LogP contribution in [-0.4, -0.2) is 29.9 Å². The second-order valence-electron chi connectivity index (χ2n) is 7.73. The molecular formula is C26H20Cl2N2O4S2. The zero-order chi connectivity index (χ0) is 25.8. The number of amides is 2. The maximum atomic E-state index is 13.1. The highest BCUT2D eigenvalue weighted by Gasteiger charge is 2.33. The molecule has 1 N–H and O–H groups in total. The lowest BCUT2D eigenvalue weighted by atomic mass is 10.1. The molecule has 1 aliphatic rings. The Balaban J connectivity index is 1.49. The van der Waals surface area contributed by atoms with Gasteiger partial charge in [-0.1, -0.05) is 64.9 Å². The van der Waals surface area contributed by atoms with E-state index >= 15 is 0 Å². The largest absolute Gasteiger partial charge is 0.493 e. The van der Waals surface area contributed by atoms with Gasteiger partial charge in [0.05, 0.1) is 22.7 Å². The first kappa shape index (κ1) is 26.0. The number of halogens is 2. The van der Waals surface area contributed by atoms with Crippen molar-refractivity contribution >= 4 is 80.8 Å². The number of carbonyl (C=O) groups is 2. The van der Waals surface area contributed by atoms with Gasteiger partial charge in [-0.15, -0.1) is 0 Å². The van der Waals surface area contributed by atoms with Crippen LogP contribution in [0.3, 0.4) is 0 Å². The van der Waals surface area contributed by atoms with Crippen molar-refractivity contribution in [3.05, 3.63) is 86.7 Å². The fraction of sp³-hybridized carbons (Fsp3) is 0.115. The molecular weight excluding hydrogens is 539 g/mol. The lowest BCUT2D eigenvalue weighted by molar-refractivity contribution is -0.118. The SMILES string of the molecule is COc1cc(/C=C2\SC(=S)N(c3ccc(C)cc3)C2=O)cc(Cl)c1OCC(=O)Nc1ccc(Cl)cc1. The Kier molecular flexibility index (Phi) is 8.21. The fourth-order valence-electron chi connectivity index (χ4n) is 3.37. The van der Waals surface area contributed by atoms with Gasteiger partial charge in [0, 0.05) is 10.7 Å². The molecule has 0 unspecified atom stereocenters. The number of hydrogen-bond acceptors (Lipinski definition) is 6. The van der Waals surface area contributed by atoms with E-state index in [0.717, 1.165) is 5.56 Å². The van der Waals surface area contributed by atoms with Crippen molar-refractivity contribution < 1.29 is 19.1 Å². The minimum Gasteiger partial charge on any atom is -0.493 e. The van der Waals surface area contributed by atoms with Crippen LogP contribution in [0.1, 0.15) is 11.1 Å². The molecule has 2 amide bonds. The summed E-state index contributed by atoms with van der Waals surface area (Å²) in [6, 6.07) is 17.6. The third-order valence-electron chi connectivity index (χ3n) is 5.11. The second-order valence-corrected chi connectivity index (χ2v) is 10.2. The normalized spacial score (nSPS) is 14.3. The predicted molar refractivity (Wildman–Crippen MR) is 150 cm³/mol. The number of hydrogen-bond donors (Lipinski definition) is 1. The first-order valence-corrected chi connectivity index (χ1v) is 12.6. The molecule has 0 atom stereocenters. The summed E-state index contributed by atoms with van der Waals surface area (Å²) < 4.78 is 11.5. The van der Waals surface area contributed by atoms with E-state index < -0.39 is 0 Å². The maximum Gasteiger partial charge on any atom is 0.270 e. The Morgan fingerprint density at radius 1 is 1.11 bits per heavy atom. The first-order valence-electron chi connectivity index (χ1n) is 10.7. The number of anilines is 2. The third-order valence-corrected chi connectivity index (χ3v) is 6.95. The van der Waals surface area contributed by atoms with Crippen LogP contribution in [0, 0.1) is 6.92 Å². The molecule has 3 aromatic rings. The summed E-state index contributed by atoms with van der Waals surface area (Å²) in [4.78, 5) is 27.3. The van der Waals surface area contributed by atoms with Gasteiger partial charge < -0.3 is 14.8 Å². The van der Waals surface area contributed by atoms with Crippen LogP contribution in [0.2, 0.25) is 10.0 Å². The Labute approximate surface area is 228 Å². The summed E-state index contributed by atoms with van der Waals surface area (Å²) in [5.74, 6) is -0.0562. The molecule has 4 rings (SSSR count). The standard InChI is InChI=1S/C26H20Cl2N2O4S2/c1-15-3-9-19(10-4-15)30-25(32)22(36-26(30)35)13-16-11-20(28)24(21(12-16)33-2)34-14-23(31)29-18-7-5-17(27)6-8-18/h3-13H,14H2,1-2H3,(H,29,31)/b22-13-. The Morgan fingerprint density at radius 2 is 1.81 bits per heavy atom. The van der Waals surface area contributed by atoms with Gasteiger partial charge in [-0.05, 0) is 67.1 Å². The van der Waals surface area contributed by atoms with E-state index in [-0.39, 0.29) is 29.2 Å². The Morgan fingerprint density at radius 3 is 2.47 bits per heavy atom. The second kappa shape index (κ2) is 11.3. The smallest absolute Gasteiger partial charge is 0.270 e. The van der Waals surface area contributed by atoms with Crippen LogP contribution in [0.25, 0.3) is 6.08 Å². The average molecular weight is 559 g/mol. The number of ether oxygens (including phenoxy) is 2. The third kappa shape index (κ3) is 6.02. The van der Waals surface area contributed by atoms with Crippen molar-refractivity contribution in [2.75, 3.05) is 23.9 Å². The molecule has 0 saturated carbocycles. The van der Waals surface area contributed by atoms with Crippen LogP contribution >= 0.6 is 47.2 Å². The van der Waals surface area contributed by atoms with Crippen LogP contribution in [0.5, 0.6) is 11.5 Å². The fourth-order valence-corrected chi connectivity index (χ4v) is 5.07. The predicted octanol–water partition coefficient (Wildman–Crippen LogP) is 6.73. The van der Waals surface area contributed by atoms with E-state index in [4.69, 9.17) is 44.9 Å². The number of nitrogens with one attached hydrogen (secondary N) is 1. The van der Waals surface area contributed by atoms with Gasteiger partial charge in [0.25, 0.3) is 11.8 Å². The molecule has 1 aliphatic heterocycles. The molecule has 0 aliphatic carbocycles. The highest BCUT2D eigenvalue weighted by molar-refractivity contribution is 8.27. The minimum atomic E-state index is -0.376. The molecule has 3 aromatic carbocycles. The molecule has 0 aromatic heterocycles. The van der Waals surface area contributed by atoms with Gasteiger partial charge in [0.1, 0.15) is 0 Å². The number of carbonyl (C=O) groups excluding carboxylic acids is 2. The van der Waals surface area contributed by atoms with Crippen LogP contribution in [0.4, 0.5) is 11.4 Å². The number of thiocarbonyl (C=S) groups is 1. The number of benzene rings is 3.